The Labute approximate surface area is 153 Å². The van der Waals surface area contributed by atoms with E-state index in [0.717, 1.165) is 17.0 Å². The molecule has 0 aliphatic heterocycles. The zero-order valence-corrected chi connectivity index (χ0v) is 16.0. The van der Waals surface area contributed by atoms with Crippen molar-refractivity contribution in [1.29, 1.82) is 0 Å². The predicted molar refractivity (Wildman–Crippen MR) is 98.7 cm³/mol. The first kappa shape index (κ1) is 19.6. The third kappa shape index (κ3) is 4.28. The molecule has 0 aliphatic rings. The van der Waals surface area contributed by atoms with E-state index >= 15 is 0 Å². The highest BCUT2D eigenvalue weighted by molar-refractivity contribution is 5.94. The molecule has 0 saturated heterocycles. The van der Waals surface area contributed by atoms with Crippen molar-refractivity contribution in [3.63, 3.8) is 0 Å². The number of rotatable bonds is 6. The molecule has 7 heteroatoms. The lowest BCUT2D eigenvalue weighted by Crippen LogP contribution is -2.32. The second-order valence-corrected chi connectivity index (χ2v) is 7.40. The summed E-state index contributed by atoms with van der Waals surface area (Å²) < 4.78 is 1.66. The summed E-state index contributed by atoms with van der Waals surface area (Å²) in [5, 5.41) is 17.1. The summed E-state index contributed by atoms with van der Waals surface area (Å²) in [6.45, 7) is 8.08. The van der Waals surface area contributed by atoms with E-state index in [9.17, 15) is 9.59 Å². The molecule has 1 aromatic carbocycles. The predicted octanol–water partition coefficient (Wildman–Crippen LogP) is 2.67. The van der Waals surface area contributed by atoms with Gasteiger partial charge in [0.2, 0.25) is 0 Å². The van der Waals surface area contributed by atoms with Crippen molar-refractivity contribution in [3.05, 3.63) is 41.2 Å². The third-order valence-corrected chi connectivity index (χ3v) is 4.15. The number of hydrogen-bond acceptors (Lipinski definition) is 4. The Morgan fingerprint density at radius 1 is 1.19 bits per heavy atom. The van der Waals surface area contributed by atoms with E-state index < -0.39 is 11.9 Å². The minimum Gasteiger partial charge on any atom is -0.480 e. The first-order valence-electron chi connectivity index (χ1n) is 8.68. The third-order valence-electron chi connectivity index (χ3n) is 4.15. The summed E-state index contributed by atoms with van der Waals surface area (Å²) in [4.78, 5) is 24.6. The number of carbonyl (C=O) groups excluding carboxylic acids is 1. The van der Waals surface area contributed by atoms with Crippen LogP contribution in [0, 0.1) is 0 Å². The van der Waals surface area contributed by atoms with Crippen LogP contribution in [0.1, 0.15) is 55.9 Å². The molecular formula is C19H26N4O3. The summed E-state index contributed by atoms with van der Waals surface area (Å²) in [6.07, 6.45) is 1.44. The van der Waals surface area contributed by atoms with E-state index in [4.69, 9.17) is 5.11 Å². The maximum atomic E-state index is 12.6. The van der Waals surface area contributed by atoms with E-state index in [1.54, 1.807) is 4.68 Å². The summed E-state index contributed by atoms with van der Waals surface area (Å²) in [6, 6.07) is 8.02. The van der Waals surface area contributed by atoms with Crippen LogP contribution >= 0.6 is 0 Å². The van der Waals surface area contributed by atoms with E-state index in [-0.39, 0.29) is 17.7 Å². The van der Waals surface area contributed by atoms with Crippen LogP contribution in [0.15, 0.2) is 24.3 Å². The van der Waals surface area contributed by atoms with Crippen LogP contribution in [0.4, 0.5) is 0 Å². The largest absolute Gasteiger partial charge is 0.480 e. The normalized spacial score (nSPS) is 11.4. The zero-order valence-electron chi connectivity index (χ0n) is 16.0. The van der Waals surface area contributed by atoms with Gasteiger partial charge in [0.25, 0.3) is 5.91 Å². The molecule has 2 aromatic rings. The molecule has 1 aromatic heterocycles. The molecule has 0 aliphatic carbocycles. The molecular weight excluding hydrogens is 332 g/mol. The minimum absolute atomic E-state index is 0.0494. The Balaban J connectivity index is 2.40. The maximum Gasteiger partial charge on any atom is 0.323 e. The van der Waals surface area contributed by atoms with Crippen LogP contribution in [-0.4, -0.2) is 50.5 Å². The number of amides is 1. The molecule has 1 heterocycles. The lowest BCUT2D eigenvalue weighted by molar-refractivity contribution is -0.137. The van der Waals surface area contributed by atoms with Gasteiger partial charge in [0.1, 0.15) is 6.54 Å². The number of aliphatic carboxylic acids is 1. The van der Waals surface area contributed by atoms with Gasteiger partial charge in [-0.3, -0.25) is 9.59 Å². The summed E-state index contributed by atoms with van der Waals surface area (Å²) >= 11 is 0. The van der Waals surface area contributed by atoms with Crippen molar-refractivity contribution in [1.82, 2.24) is 19.9 Å². The molecule has 0 unspecified atom stereocenters. The molecule has 0 atom stereocenters. The van der Waals surface area contributed by atoms with Crippen molar-refractivity contribution in [2.24, 2.45) is 0 Å². The average Bonchev–Trinajstić information content (AvgIpc) is 2.97. The van der Waals surface area contributed by atoms with Gasteiger partial charge in [-0.25, -0.2) is 4.68 Å². The smallest absolute Gasteiger partial charge is 0.323 e. The number of carboxylic acids is 1. The molecule has 0 saturated carbocycles. The van der Waals surface area contributed by atoms with Crippen LogP contribution in [-0.2, 0) is 16.6 Å². The lowest BCUT2D eigenvalue weighted by Gasteiger charge is -2.19. The van der Waals surface area contributed by atoms with Gasteiger partial charge in [0, 0.05) is 7.05 Å². The van der Waals surface area contributed by atoms with Gasteiger partial charge >= 0.3 is 5.97 Å². The topological polar surface area (TPSA) is 88.3 Å². The summed E-state index contributed by atoms with van der Waals surface area (Å²) in [5.74, 6) is -1.50. The molecule has 2 rings (SSSR count). The van der Waals surface area contributed by atoms with Crippen molar-refractivity contribution < 1.29 is 14.7 Å². The number of carbonyl (C=O) groups is 2. The van der Waals surface area contributed by atoms with Gasteiger partial charge < -0.3 is 10.0 Å². The summed E-state index contributed by atoms with van der Waals surface area (Å²) in [5.41, 5.74) is 2.98. The first-order valence-corrected chi connectivity index (χ1v) is 8.68. The molecule has 0 fully saturated rings. The number of benzene rings is 1. The zero-order chi connectivity index (χ0) is 19.5. The number of carboxylic acid groups (broad SMARTS) is 1. The fraction of sp³-hybridized carbons (Fsp3) is 0.474. The van der Waals surface area contributed by atoms with E-state index in [0.29, 0.717) is 12.1 Å². The molecule has 0 radical (unpaired) electrons. The second kappa shape index (κ2) is 7.68. The van der Waals surface area contributed by atoms with Gasteiger partial charge in [-0.2, -0.15) is 0 Å². The Bertz CT molecular complexity index is 788. The highest BCUT2D eigenvalue weighted by Crippen LogP contribution is 2.24. The number of aromatic nitrogens is 3. The van der Waals surface area contributed by atoms with E-state index in [2.05, 4.69) is 31.1 Å². The van der Waals surface area contributed by atoms with Gasteiger partial charge in [0.15, 0.2) is 5.69 Å². The van der Waals surface area contributed by atoms with Gasteiger partial charge in [-0.15, -0.1) is 5.10 Å². The molecule has 1 amide bonds. The number of hydrogen-bond donors (Lipinski definition) is 1. The fourth-order valence-electron chi connectivity index (χ4n) is 2.69. The van der Waals surface area contributed by atoms with Crippen molar-refractivity contribution in [3.8, 4) is 5.69 Å². The van der Waals surface area contributed by atoms with Crippen LogP contribution in [0.25, 0.3) is 5.69 Å². The van der Waals surface area contributed by atoms with Crippen molar-refractivity contribution in [2.45, 2.75) is 46.0 Å². The average molecular weight is 358 g/mol. The van der Waals surface area contributed by atoms with E-state index in [1.165, 1.54) is 12.6 Å². The molecule has 26 heavy (non-hydrogen) atoms. The quantitative estimate of drug-likeness (QED) is 0.858. The Kier molecular flexibility index (Phi) is 5.79. The van der Waals surface area contributed by atoms with Crippen molar-refractivity contribution in [2.75, 3.05) is 13.6 Å². The standard InChI is InChI=1S/C19H26N4O3/c1-6-7-15-17(18(26)22(5)12-16(24)25)20-21-23(15)14-10-8-13(9-11-14)19(2,3)4/h8-11H,6-7,12H2,1-5H3,(H,24,25). The highest BCUT2D eigenvalue weighted by atomic mass is 16.4. The Morgan fingerprint density at radius 2 is 1.81 bits per heavy atom. The second-order valence-electron chi connectivity index (χ2n) is 7.40. The molecule has 0 spiro atoms. The summed E-state index contributed by atoms with van der Waals surface area (Å²) in [7, 11) is 1.45. The van der Waals surface area contributed by atoms with Crippen molar-refractivity contribution >= 4 is 11.9 Å². The van der Waals surface area contributed by atoms with Gasteiger partial charge in [-0.05, 0) is 29.5 Å². The minimum atomic E-state index is -1.07. The van der Waals surface area contributed by atoms with Gasteiger partial charge in [-0.1, -0.05) is 51.5 Å². The lowest BCUT2D eigenvalue weighted by atomic mass is 9.87. The first-order chi connectivity index (χ1) is 12.1. The SMILES string of the molecule is CCCc1c(C(=O)N(C)CC(=O)O)nnn1-c1ccc(C(C)(C)C)cc1. The molecule has 7 nitrogen and oxygen atoms in total. The van der Waals surface area contributed by atoms with Crippen LogP contribution in [0.5, 0.6) is 0 Å². The monoisotopic (exact) mass is 358 g/mol. The molecule has 140 valence electrons. The molecule has 1 N–H and O–H groups in total. The van der Waals surface area contributed by atoms with Gasteiger partial charge in [0.05, 0.1) is 11.4 Å². The highest BCUT2D eigenvalue weighted by Gasteiger charge is 2.24. The Morgan fingerprint density at radius 3 is 2.31 bits per heavy atom. The van der Waals surface area contributed by atoms with E-state index in [1.807, 2.05) is 31.2 Å². The molecule has 0 bridgehead atoms. The number of nitrogens with zero attached hydrogens (tertiary/aromatic N) is 4. The van der Waals surface area contributed by atoms with Crippen LogP contribution in [0.3, 0.4) is 0 Å². The Hall–Kier alpha value is -2.70. The van der Waals surface area contributed by atoms with Crippen LogP contribution in [0.2, 0.25) is 0 Å². The fourth-order valence-corrected chi connectivity index (χ4v) is 2.69. The number of likely N-dealkylation sites (N-methyl/N-ethyl adjacent to an activating group) is 1. The van der Waals surface area contributed by atoms with Crippen LogP contribution < -0.4 is 0 Å². The maximum absolute atomic E-state index is 12.6.